The third kappa shape index (κ3) is 4.78. The smallest absolute Gasteiger partial charge is 0.264 e. The van der Waals surface area contributed by atoms with E-state index in [4.69, 9.17) is 4.74 Å². The first-order chi connectivity index (χ1) is 6.58. The van der Waals surface area contributed by atoms with Gasteiger partial charge >= 0.3 is 0 Å². The van der Waals surface area contributed by atoms with Crippen LogP contribution in [-0.2, 0) is 14.3 Å². The van der Waals surface area contributed by atoms with E-state index in [-0.39, 0.29) is 13.2 Å². The van der Waals surface area contributed by atoms with Crippen molar-refractivity contribution in [2.75, 3.05) is 19.5 Å². The van der Waals surface area contributed by atoms with Crippen LogP contribution >= 0.6 is 0 Å². The average Bonchev–Trinajstić information content (AvgIpc) is 2.13. The minimum Gasteiger partial charge on any atom is -0.475 e. The van der Waals surface area contributed by atoms with Crippen LogP contribution in [0, 0.1) is 0 Å². The molecule has 0 aliphatic heterocycles. The maximum atomic E-state index is 10.5. The molecule has 14 heavy (non-hydrogen) atoms. The minimum atomic E-state index is -3.38. The molecule has 0 aliphatic rings. The highest BCUT2D eigenvalue weighted by Gasteiger charge is 2.00. The van der Waals surface area contributed by atoms with Crippen molar-refractivity contribution in [1.82, 2.24) is 4.98 Å². The van der Waals surface area contributed by atoms with E-state index < -0.39 is 10.1 Å². The summed E-state index contributed by atoms with van der Waals surface area (Å²) >= 11 is 0. The first-order valence-corrected chi connectivity index (χ1v) is 5.78. The lowest BCUT2D eigenvalue weighted by Crippen LogP contribution is -2.11. The standard InChI is InChI=1S/C8H11NO4S/c1-14(10,11)13-7-6-12-8-4-2-3-5-9-8/h2-5H,6-7H2,1H3. The molecule has 0 saturated heterocycles. The lowest BCUT2D eigenvalue weighted by atomic mass is 10.5. The van der Waals surface area contributed by atoms with Crippen LogP contribution in [0.25, 0.3) is 0 Å². The number of pyridine rings is 1. The lowest BCUT2D eigenvalue weighted by Gasteiger charge is -2.03. The van der Waals surface area contributed by atoms with Gasteiger partial charge in [-0.1, -0.05) is 6.07 Å². The molecule has 1 aromatic heterocycles. The SMILES string of the molecule is CS(=O)(=O)OCCOc1ccccn1. The monoisotopic (exact) mass is 217 g/mol. The molecule has 0 radical (unpaired) electrons. The van der Waals surface area contributed by atoms with E-state index in [1.807, 2.05) is 0 Å². The lowest BCUT2D eigenvalue weighted by molar-refractivity contribution is 0.217. The van der Waals surface area contributed by atoms with E-state index in [0.29, 0.717) is 5.88 Å². The maximum absolute atomic E-state index is 10.5. The van der Waals surface area contributed by atoms with Crippen molar-refractivity contribution >= 4 is 10.1 Å². The van der Waals surface area contributed by atoms with Gasteiger partial charge < -0.3 is 4.74 Å². The minimum absolute atomic E-state index is 0.00456. The Kier molecular flexibility index (Phi) is 3.84. The quantitative estimate of drug-likeness (QED) is 0.528. The molecular weight excluding hydrogens is 206 g/mol. The fourth-order valence-electron chi connectivity index (χ4n) is 0.764. The molecule has 0 bridgehead atoms. The summed E-state index contributed by atoms with van der Waals surface area (Å²) in [4.78, 5) is 3.89. The second-order valence-corrected chi connectivity index (χ2v) is 4.19. The molecule has 0 aromatic carbocycles. The molecule has 0 amide bonds. The van der Waals surface area contributed by atoms with E-state index >= 15 is 0 Å². The highest BCUT2D eigenvalue weighted by molar-refractivity contribution is 7.85. The van der Waals surface area contributed by atoms with E-state index in [1.54, 1.807) is 24.4 Å². The van der Waals surface area contributed by atoms with Crippen molar-refractivity contribution in [3.63, 3.8) is 0 Å². The molecule has 5 nitrogen and oxygen atoms in total. The Balaban J connectivity index is 2.23. The van der Waals surface area contributed by atoms with Crippen molar-refractivity contribution in [3.05, 3.63) is 24.4 Å². The van der Waals surface area contributed by atoms with Gasteiger partial charge in [0.2, 0.25) is 5.88 Å². The molecule has 1 aromatic rings. The number of ether oxygens (including phenoxy) is 1. The van der Waals surface area contributed by atoms with Gasteiger partial charge in [0, 0.05) is 12.3 Å². The van der Waals surface area contributed by atoms with Gasteiger partial charge in [-0.2, -0.15) is 8.42 Å². The van der Waals surface area contributed by atoms with Gasteiger partial charge in [-0.15, -0.1) is 0 Å². The summed E-state index contributed by atoms with van der Waals surface area (Å²) in [6.45, 7) is 0.152. The van der Waals surface area contributed by atoms with Gasteiger partial charge in [0.25, 0.3) is 10.1 Å². The largest absolute Gasteiger partial charge is 0.475 e. The van der Waals surface area contributed by atoms with Gasteiger partial charge in [0.05, 0.1) is 6.26 Å². The zero-order valence-electron chi connectivity index (χ0n) is 7.71. The van der Waals surface area contributed by atoms with E-state index in [9.17, 15) is 8.42 Å². The highest BCUT2D eigenvalue weighted by Crippen LogP contribution is 2.02. The van der Waals surface area contributed by atoms with E-state index in [1.165, 1.54) is 0 Å². The van der Waals surface area contributed by atoms with Crippen LogP contribution in [0.4, 0.5) is 0 Å². The molecule has 0 N–H and O–H groups in total. The summed E-state index contributed by atoms with van der Waals surface area (Å²) in [6.07, 6.45) is 2.58. The predicted molar refractivity (Wildman–Crippen MR) is 50.5 cm³/mol. The zero-order chi connectivity index (χ0) is 10.4. The van der Waals surface area contributed by atoms with Crippen LogP contribution in [0.15, 0.2) is 24.4 Å². The number of rotatable bonds is 5. The fraction of sp³-hybridized carbons (Fsp3) is 0.375. The average molecular weight is 217 g/mol. The van der Waals surface area contributed by atoms with Gasteiger partial charge in [0.15, 0.2) is 0 Å². The summed E-state index contributed by atoms with van der Waals surface area (Å²) in [6, 6.07) is 5.22. The molecule has 1 heterocycles. The van der Waals surface area contributed by atoms with Crippen molar-refractivity contribution in [2.45, 2.75) is 0 Å². The molecule has 0 unspecified atom stereocenters. The van der Waals surface area contributed by atoms with Crippen LogP contribution in [0.3, 0.4) is 0 Å². The number of aromatic nitrogens is 1. The van der Waals surface area contributed by atoms with Crippen molar-refractivity contribution < 1.29 is 17.3 Å². The summed E-state index contributed by atoms with van der Waals surface area (Å²) < 4.78 is 30.7. The Morgan fingerprint density at radius 3 is 2.71 bits per heavy atom. The Morgan fingerprint density at radius 2 is 2.14 bits per heavy atom. The molecular formula is C8H11NO4S. The molecule has 0 spiro atoms. The first-order valence-electron chi connectivity index (χ1n) is 3.96. The molecule has 0 fully saturated rings. The number of hydrogen-bond acceptors (Lipinski definition) is 5. The van der Waals surface area contributed by atoms with Gasteiger partial charge in [-0.05, 0) is 6.07 Å². The van der Waals surface area contributed by atoms with Crippen LogP contribution < -0.4 is 4.74 Å². The normalized spacial score (nSPS) is 11.2. The number of hydrogen-bond donors (Lipinski definition) is 0. The van der Waals surface area contributed by atoms with Crippen molar-refractivity contribution in [1.29, 1.82) is 0 Å². The van der Waals surface area contributed by atoms with Gasteiger partial charge in [0.1, 0.15) is 13.2 Å². The van der Waals surface area contributed by atoms with Gasteiger partial charge in [-0.25, -0.2) is 4.98 Å². The fourth-order valence-corrected chi connectivity index (χ4v) is 1.13. The Labute approximate surface area is 82.8 Å². The second-order valence-electron chi connectivity index (χ2n) is 2.54. The molecule has 0 atom stereocenters. The summed E-state index contributed by atoms with van der Waals surface area (Å²) in [5.41, 5.74) is 0. The summed E-state index contributed by atoms with van der Waals surface area (Å²) in [5, 5.41) is 0. The van der Waals surface area contributed by atoms with Crippen LogP contribution in [0.2, 0.25) is 0 Å². The van der Waals surface area contributed by atoms with Crippen LogP contribution in [0.5, 0.6) is 5.88 Å². The predicted octanol–water partition coefficient (Wildman–Crippen LogP) is 0.437. The highest BCUT2D eigenvalue weighted by atomic mass is 32.2. The Hall–Kier alpha value is -1.14. The Morgan fingerprint density at radius 1 is 1.36 bits per heavy atom. The molecule has 78 valence electrons. The zero-order valence-corrected chi connectivity index (χ0v) is 8.53. The third-order valence-corrected chi connectivity index (χ3v) is 1.86. The Bertz CT molecular complexity index is 362. The number of nitrogens with zero attached hydrogens (tertiary/aromatic N) is 1. The van der Waals surface area contributed by atoms with Crippen LogP contribution in [0.1, 0.15) is 0 Å². The maximum Gasteiger partial charge on any atom is 0.264 e. The summed E-state index contributed by atoms with van der Waals surface area (Å²) in [7, 11) is -3.38. The van der Waals surface area contributed by atoms with Crippen molar-refractivity contribution in [2.24, 2.45) is 0 Å². The van der Waals surface area contributed by atoms with Crippen LogP contribution in [-0.4, -0.2) is 32.9 Å². The summed E-state index contributed by atoms with van der Waals surface area (Å²) in [5.74, 6) is 0.449. The third-order valence-electron chi connectivity index (χ3n) is 1.27. The molecule has 0 aliphatic carbocycles. The second kappa shape index (κ2) is 4.92. The topological polar surface area (TPSA) is 65.5 Å². The van der Waals surface area contributed by atoms with Crippen molar-refractivity contribution in [3.8, 4) is 5.88 Å². The van der Waals surface area contributed by atoms with E-state index in [0.717, 1.165) is 6.26 Å². The molecule has 0 saturated carbocycles. The first kappa shape index (κ1) is 10.9. The molecule has 1 rings (SSSR count). The van der Waals surface area contributed by atoms with Gasteiger partial charge in [-0.3, -0.25) is 4.18 Å². The van der Waals surface area contributed by atoms with E-state index in [2.05, 4.69) is 9.17 Å². The molecule has 6 heteroatoms.